The van der Waals surface area contributed by atoms with Crippen molar-refractivity contribution in [3.63, 3.8) is 0 Å². The minimum Gasteiger partial charge on any atom is -0.347 e. The van der Waals surface area contributed by atoms with Gasteiger partial charge in [-0.15, -0.1) is 0 Å². The zero-order valence-electron chi connectivity index (χ0n) is 12.0. The quantitative estimate of drug-likeness (QED) is 0.889. The van der Waals surface area contributed by atoms with Gasteiger partial charge in [0.2, 0.25) is 11.8 Å². The molecule has 1 fully saturated rings. The second-order valence-electron chi connectivity index (χ2n) is 5.38. The lowest BCUT2D eigenvalue weighted by Crippen LogP contribution is -2.42. The van der Waals surface area contributed by atoms with Gasteiger partial charge in [0.25, 0.3) is 0 Å². The van der Waals surface area contributed by atoms with Crippen LogP contribution in [0.2, 0.25) is 0 Å². The van der Waals surface area contributed by atoms with Crippen molar-refractivity contribution in [2.75, 3.05) is 13.6 Å². The molecule has 0 bridgehead atoms. The molecule has 0 heterocycles. The molecule has 20 heavy (non-hydrogen) atoms. The number of hydrogen-bond donors (Lipinski definition) is 1. The van der Waals surface area contributed by atoms with Crippen molar-refractivity contribution in [3.8, 4) is 0 Å². The summed E-state index contributed by atoms with van der Waals surface area (Å²) in [6.07, 6.45) is 4.88. The maximum Gasteiger partial charge on any atom is 0.241 e. The monoisotopic (exact) mass is 274 g/mol. The summed E-state index contributed by atoms with van der Waals surface area (Å²) in [6.45, 7) is 0.0959. The molecular formula is C16H22N2O2. The Kier molecular flexibility index (Phi) is 5.16. The van der Waals surface area contributed by atoms with Gasteiger partial charge in [-0.2, -0.15) is 0 Å². The third-order valence-corrected chi connectivity index (χ3v) is 3.91. The van der Waals surface area contributed by atoms with Crippen LogP contribution in [0, 0.1) is 0 Å². The van der Waals surface area contributed by atoms with E-state index < -0.39 is 0 Å². The van der Waals surface area contributed by atoms with Crippen LogP contribution in [0.25, 0.3) is 0 Å². The number of benzene rings is 1. The van der Waals surface area contributed by atoms with Gasteiger partial charge in [0, 0.05) is 13.1 Å². The van der Waals surface area contributed by atoms with E-state index in [0.717, 1.165) is 18.4 Å². The number of rotatable bonds is 5. The predicted octanol–water partition coefficient (Wildman–Crippen LogP) is 1.75. The van der Waals surface area contributed by atoms with Gasteiger partial charge in [0.1, 0.15) is 0 Å². The molecule has 0 spiro atoms. The standard InChI is InChI=1S/C16H22N2O2/c1-18(14-9-5-6-10-14)16(20)12-17-15(19)11-13-7-3-2-4-8-13/h2-4,7-8,14H,5-6,9-12H2,1H3,(H,17,19). The molecule has 1 aromatic rings. The Morgan fingerprint density at radius 2 is 1.85 bits per heavy atom. The normalized spacial score (nSPS) is 15.1. The summed E-state index contributed by atoms with van der Waals surface area (Å²) in [5.41, 5.74) is 0.960. The number of nitrogens with zero attached hydrogens (tertiary/aromatic N) is 1. The fourth-order valence-corrected chi connectivity index (χ4v) is 2.64. The Morgan fingerprint density at radius 3 is 2.50 bits per heavy atom. The highest BCUT2D eigenvalue weighted by Crippen LogP contribution is 2.22. The van der Waals surface area contributed by atoms with Crippen molar-refractivity contribution in [1.29, 1.82) is 0 Å². The van der Waals surface area contributed by atoms with E-state index in [4.69, 9.17) is 0 Å². The highest BCUT2D eigenvalue weighted by atomic mass is 16.2. The van der Waals surface area contributed by atoms with Crippen LogP contribution < -0.4 is 5.32 Å². The first-order valence-corrected chi connectivity index (χ1v) is 7.23. The summed E-state index contributed by atoms with van der Waals surface area (Å²) >= 11 is 0. The van der Waals surface area contributed by atoms with Gasteiger partial charge in [-0.3, -0.25) is 9.59 Å². The molecule has 2 amide bonds. The van der Waals surface area contributed by atoms with Crippen molar-refractivity contribution in [3.05, 3.63) is 35.9 Å². The summed E-state index contributed by atoms with van der Waals surface area (Å²) in [5.74, 6) is -0.109. The fraction of sp³-hybridized carbons (Fsp3) is 0.500. The summed E-state index contributed by atoms with van der Waals surface area (Å²) in [5, 5.41) is 2.71. The van der Waals surface area contributed by atoms with Crippen LogP contribution >= 0.6 is 0 Å². The van der Waals surface area contributed by atoms with E-state index in [1.54, 1.807) is 4.90 Å². The molecule has 4 heteroatoms. The lowest BCUT2D eigenvalue weighted by atomic mass is 10.1. The molecule has 0 aliphatic heterocycles. The second-order valence-corrected chi connectivity index (χ2v) is 5.38. The molecule has 1 aliphatic carbocycles. The van der Waals surface area contributed by atoms with Crippen LogP contribution in [0.4, 0.5) is 0 Å². The summed E-state index contributed by atoms with van der Waals surface area (Å²) < 4.78 is 0. The molecule has 0 radical (unpaired) electrons. The molecule has 0 aromatic heterocycles. The molecule has 2 rings (SSSR count). The van der Waals surface area contributed by atoms with Gasteiger partial charge in [0.05, 0.1) is 13.0 Å². The Morgan fingerprint density at radius 1 is 1.20 bits per heavy atom. The van der Waals surface area contributed by atoms with E-state index in [9.17, 15) is 9.59 Å². The van der Waals surface area contributed by atoms with Gasteiger partial charge in [-0.05, 0) is 18.4 Å². The fourth-order valence-electron chi connectivity index (χ4n) is 2.64. The zero-order chi connectivity index (χ0) is 14.4. The van der Waals surface area contributed by atoms with Gasteiger partial charge in [-0.1, -0.05) is 43.2 Å². The van der Waals surface area contributed by atoms with E-state index in [1.807, 2.05) is 37.4 Å². The van der Waals surface area contributed by atoms with Gasteiger partial charge < -0.3 is 10.2 Å². The van der Waals surface area contributed by atoms with Crippen LogP contribution in [0.5, 0.6) is 0 Å². The first-order chi connectivity index (χ1) is 9.66. The number of nitrogens with one attached hydrogen (secondary N) is 1. The molecule has 1 aliphatic rings. The molecular weight excluding hydrogens is 252 g/mol. The molecule has 0 saturated heterocycles. The highest BCUT2D eigenvalue weighted by Gasteiger charge is 2.23. The predicted molar refractivity (Wildman–Crippen MR) is 78.2 cm³/mol. The molecule has 108 valence electrons. The van der Waals surface area contributed by atoms with E-state index in [2.05, 4.69) is 5.32 Å². The van der Waals surface area contributed by atoms with Crippen molar-refractivity contribution in [1.82, 2.24) is 10.2 Å². The largest absolute Gasteiger partial charge is 0.347 e. The third kappa shape index (κ3) is 4.08. The van der Waals surface area contributed by atoms with Gasteiger partial charge >= 0.3 is 0 Å². The topological polar surface area (TPSA) is 49.4 Å². The van der Waals surface area contributed by atoms with Crippen LogP contribution in [0.15, 0.2) is 30.3 Å². The van der Waals surface area contributed by atoms with E-state index in [0.29, 0.717) is 12.5 Å². The van der Waals surface area contributed by atoms with Crippen molar-refractivity contribution >= 4 is 11.8 Å². The van der Waals surface area contributed by atoms with E-state index in [1.165, 1.54) is 12.8 Å². The molecule has 1 saturated carbocycles. The second kappa shape index (κ2) is 7.08. The first-order valence-electron chi connectivity index (χ1n) is 7.23. The Hall–Kier alpha value is -1.84. The maximum absolute atomic E-state index is 12.0. The van der Waals surface area contributed by atoms with Crippen LogP contribution in [-0.2, 0) is 16.0 Å². The lowest BCUT2D eigenvalue weighted by Gasteiger charge is -2.24. The zero-order valence-corrected chi connectivity index (χ0v) is 12.0. The number of carbonyl (C=O) groups is 2. The molecule has 1 aromatic carbocycles. The van der Waals surface area contributed by atoms with Crippen LogP contribution in [-0.4, -0.2) is 36.3 Å². The number of carbonyl (C=O) groups excluding carboxylic acids is 2. The summed E-state index contributed by atoms with van der Waals surface area (Å²) in [7, 11) is 1.83. The molecule has 0 unspecified atom stereocenters. The SMILES string of the molecule is CN(C(=O)CNC(=O)Cc1ccccc1)C1CCCC1. The minimum absolute atomic E-state index is 0.00156. The average molecular weight is 274 g/mol. The number of hydrogen-bond acceptors (Lipinski definition) is 2. The van der Waals surface area contributed by atoms with Crippen molar-refractivity contribution < 1.29 is 9.59 Å². The van der Waals surface area contributed by atoms with Crippen LogP contribution in [0.1, 0.15) is 31.2 Å². The highest BCUT2D eigenvalue weighted by molar-refractivity contribution is 5.85. The Balaban J connectivity index is 1.74. The molecule has 0 atom stereocenters. The van der Waals surface area contributed by atoms with Gasteiger partial charge in [-0.25, -0.2) is 0 Å². The Labute approximate surface area is 120 Å². The van der Waals surface area contributed by atoms with Crippen LogP contribution in [0.3, 0.4) is 0 Å². The molecule has 1 N–H and O–H groups in total. The number of likely N-dealkylation sites (N-methyl/N-ethyl adjacent to an activating group) is 1. The molecule has 4 nitrogen and oxygen atoms in total. The van der Waals surface area contributed by atoms with E-state index in [-0.39, 0.29) is 18.4 Å². The first kappa shape index (κ1) is 14.6. The Bertz CT molecular complexity index is 453. The third-order valence-electron chi connectivity index (χ3n) is 3.91. The number of amides is 2. The van der Waals surface area contributed by atoms with E-state index >= 15 is 0 Å². The lowest BCUT2D eigenvalue weighted by molar-refractivity contribution is -0.133. The van der Waals surface area contributed by atoms with Gasteiger partial charge in [0.15, 0.2) is 0 Å². The van der Waals surface area contributed by atoms with Crippen molar-refractivity contribution in [2.24, 2.45) is 0 Å². The van der Waals surface area contributed by atoms with Crippen molar-refractivity contribution in [2.45, 2.75) is 38.1 Å². The summed E-state index contributed by atoms with van der Waals surface area (Å²) in [4.78, 5) is 25.6. The smallest absolute Gasteiger partial charge is 0.241 e. The maximum atomic E-state index is 12.0. The summed E-state index contributed by atoms with van der Waals surface area (Å²) in [6, 6.07) is 9.90. The minimum atomic E-state index is -0.107. The average Bonchev–Trinajstić information content (AvgIpc) is 2.99.